The highest BCUT2D eigenvalue weighted by molar-refractivity contribution is 6.10. The molecular formula is C26H30N6O2. The summed E-state index contributed by atoms with van der Waals surface area (Å²) in [5.41, 5.74) is 9.77. The van der Waals surface area contributed by atoms with Gasteiger partial charge < -0.3 is 15.8 Å². The number of anilines is 1. The summed E-state index contributed by atoms with van der Waals surface area (Å²) >= 11 is 0. The van der Waals surface area contributed by atoms with Crippen LogP contribution in [0, 0.1) is 0 Å². The molecule has 0 bridgehead atoms. The van der Waals surface area contributed by atoms with Gasteiger partial charge in [-0.15, -0.1) is 0 Å². The first-order valence-corrected chi connectivity index (χ1v) is 11.7. The van der Waals surface area contributed by atoms with Crippen molar-refractivity contribution in [1.29, 1.82) is 0 Å². The van der Waals surface area contributed by atoms with E-state index >= 15 is 0 Å². The molecular weight excluding hydrogens is 428 g/mol. The molecule has 8 nitrogen and oxygen atoms in total. The van der Waals surface area contributed by atoms with Gasteiger partial charge in [0.2, 0.25) is 0 Å². The topological polar surface area (TPSA) is 107 Å². The number of fused-ring (bicyclic) bond motifs is 2. The predicted octanol–water partition coefficient (Wildman–Crippen LogP) is 4.76. The van der Waals surface area contributed by atoms with E-state index in [2.05, 4.69) is 17.3 Å². The molecule has 0 aliphatic carbocycles. The van der Waals surface area contributed by atoms with Crippen LogP contribution in [-0.2, 0) is 0 Å². The molecule has 1 amide bonds. The van der Waals surface area contributed by atoms with Crippen LogP contribution in [0.15, 0.2) is 53.6 Å². The Kier molecular flexibility index (Phi) is 7.37. The first kappa shape index (κ1) is 23.2. The van der Waals surface area contributed by atoms with E-state index in [-0.39, 0.29) is 11.7 Å². The van der Waals surface area contributed by atoms with Gasteiger partial charge in [0.25, 0.3) is 5.91 Å². The van der Waals surface area contributed by atoms with Crippen LogP contribution in [0.5, 0.6) is 5.75 Å². The fraction of sp³-hybridized carbons (Fsp3) is 0.308. The average molecular weight is 459 g/mol. The van der Waals surface area contributed by atoms with Crippen molar-refractivity contribution < 1.29 is 9.53 Å². The van der Waals surface area contributed by atoms with Crippen LogP contribution in [0.1, 0.15) is 54.9 Å². The second kappa shape index (κ2) is 10.8. The molecule has 0 saturated heterocycles. The van der Waals surface area contributed by atoms with E-state index in [4.69, 9.17) is 20.4 Å². The molecule has 0 saturated carbocycles. The van der Waals surface area contributed by atoms with Crippen molar-refractivity contribution in [3.63, 3.8) is 0 Å². The number of nitrogens with one attached hydrogen (secondary N) is 1. The minimum absolute atomic E-state index is 0.194. The number of nitrogen functional groups attached to an aromatic ring is 1. The number of ether oxygens (including phenoxy) is 1. The summed E-state index contributed by atoms with van der Waals surface area (Å²) in [6.45, 7) is 2.77. The van der Waals surface area contributed by atoms with Crippen molar-refractivity contribution in [3.8, 4) is 5.75 Å². The lowest BCUT2D eigenvalue weighted by Crippen LogP contribution is -2.25. The molecule has 2 heterocycles. The van der Waals surface area contributed by atoms with Crippen molar-refractivity contribution in [1.82, 2.24) is 20.0 Å². The second-order valence-corrected chi connectivity index (χ2v) is 8.11. The SMILES string of the molecule is CCCCCCCNC(=O)c1c(N)n(/N=C/c2ccccc2OC)c2nc3ccccc3nc12. The fourth-order valence-electron chi connectivity index (χ4n) is 3.90. The number of aromatic nitrogens is 3. The van der Waals surface area contributed by atoms with E-state index in [1.165, 1.54) is 23.9 Å². The standard InChI is InChI=1S/C26H30N6O2/c1-3-4-5-6-11-16-28-26(33)22-23-25(31-20-14-9-8-13-19(20)30-23)32(24(22)27)29-17-18-12-7-10-15-21(18)34-2/h7-10,12-15,17H,3-6,11,16,27H2,1-2H3,(H,28,33)/b29-17+. The minimum Gasteiger partial charge on any atom is -0.496 e. The molecule has 0 aliphatic rings. The van der Waals surface area contributed by atoms with Crippen LogP contribution < -0.4 is 15.8 Å². The smallest absolute Gasteiger partial charge is 0.257 e. The van der Waals surface area contributed by atoms with Gasteiger partial charge in [0.1, 0.15) is 22.6 Å². The summed E-state index contributed by atoms with van der Waals surface area (Å²) in [6.07, 6.45) is 7.21. The van der Waals surface area contributed by atoms with Crippen molar-refractivity contribution in [2.75, 3.05) is 19.4 Å². The number of carbonyl (C=O) groups is 1. The lowest BCUT2D eigenvalue weighted by Gasteiger charge is -2.06. The molecule has 8 heteroatoms. The van der Waals surface area contributed by atoms with E-state index in [1.807, 2.05) is 48.5 Å². The zero-order chi connectivity index (χ0) is 23.9. The van der Waals surface area contributed by atoms with Gasteiger partial charge in [0.15, 0.2) is 5.65 Å². The maximum Gasteiger partial charge on any atom is 0.257 e. The van der Waals surface area contributed by atoms with E-state index in [9.17, 15) is 4.79 Å². The lowest BCUT2D eigenvalue weighted by atomic mass is 10.1. The van der Waals surface area contributed by atoms with Crippen LogP contribution in [0.25, 0.3) is 22.2 Å². The maximum absolute atomic E-state index is 13.1. The third-order valence-corrected chi connectivity index (χ3v) is 5.72. The molecule has 4 rings (SSSR count). The molecule has 2 aromatic heterocycles. The number of rotatable bonds is 10. The summed E-state index contributed by atoms with van der Waals surface area (Å²) in [4.78, 5) is 22.6. The molecule has 0 fully saturated rings. The lowest BCUT2D eigenvalue weighted by molar-refractivity contribution is 0.0955. The molecule has 34 heavy (non-hydrogen) atoms. The summed E-state index contributed by atoms with van der Waals surface area (Å²) in [5, 5.41) is 7.55. The van der Waals surface area contributed by atoms with Gasteiger partial charge in [-0.1, -0.05) is 56.9 Å². The summed E-state index contributed by atoms with van der Waals surface area (Å²) in [7, 11) is 1.61. The van der Waals surface area contributed by atoms with Crippen LogP contribution in [-0.4, -0.2) is 40.4 Å². The number of carbonyl (C=O) groups excluding carboxylic acids is 1. The molecule has 2 aromatic carbocycles. The fourth-order valence-corrected chi connectivity index (χ4v) is 3.90. The van der Waals surface area contributed by atoms with Crippen LogP contribution in [0.2, 0.25) is 0 Å². The molecule has 4 aromatic rings. The van der Waals surface area contributed by atoms with Crippen LogP contribution >= 0.6 is 0 Å². The van der Waals surface area contributed by atoms with Crippen molar-refractivity contribution in [2.45, 2.75) is 39.0 Å². The Morgan fingerprint density at radius 3 is 2.53 bits per heavy atom. The van der Waals surface area contributed by atoms with Gasteiger partial charge in [0, 0.05) is 12.1 Å². The monoisotopic (exact) mass is 458 g/mol. The third kappa shape index (κ3) is 4.85. The quantitative estimate of drug-likeness (QED) is 0.263. The van der Waals surface area contributed by atoms with E-state index < -0.39 is 0 Å². The largest absolute Gasteiger partial charge is 0.496 e. The number of nitrogens with two attached hydrogens (primary N) is 1. The van der Waals surface area contributed by atoms with Crippen molar-refractivity contribution in [3.05, 3.63) is 59.7 Å². The summed E-state index contributed by atoms with van der Waals surface area (Å²) < 4.78 is 6.88. The van der Waals surface area contributed by atoms with E-state index in [0.29, 0.717) is 40.1 Å². The highest BCUT2D eigenvalue weighted by Crippen LogP contribution is 2.28. The number of benzene rings is 2. The normalized spacial score (nSPS) is 11.5. The number of amides is 1. The Bertz CT molecular complexity index is 1330. The Morgan fingerprint density at radius 1 is 1.06 bits per heavy atom. The highest BCUT2D eigenvalue weighted by Gasteiger charge is 2.23. The second-order valence-electron chi connectivity index (χ2n) is 8.11. The van der Waals surface area contributed by atoms with E-state index in [0.717, 1.165) is 18.4 Å². The average Bonchev–Trinajstić information content (AvgIpc) is 3.13. The Labute approximate surface area is 198 Å². The summed E-state index contributed by atoms with van der Waals surface area (Å²) in [6, 6.07) is 15.0. The van der Waals surface area contributed by atoms with Gasteiger partial charge in [-0.3, -0.25) is 4.79 Å². The highest BCUT2D eigenvalue weighted by atomic mass is 16.5. The number of para-hydroxylation sites is 3. The minimum atomic E-state index is -0.270. The maximum atomic E-state index is 13.1. The van der Waals surface area contributed by atoms with Crippen LogP contribution in [0.4, 0.5) is 5.82 Å². The number of nitrogens with zero attached hydrogens (tertiary/aromatic N) is 4. The zero-order valence-electron chi connectivity index (χ0n) is 19.6. The first-order chi connectivity index (χ1) is 16.6. The molecule has 0 radical (unpaired) electrons. The number of hydrogen-bond donors (Lipinski definition) is 2. The molecule has 0 atom stereocenters. The predicted molar refractivity (Wildman–Crippen MR) is 137 cm³/mol. The molecule has 0 aliphatic heterocycles. The first-order valence-electron chi connectivity index (χ1n) is 11.7. The molecule has 3 N–H and O–H groups in total. The molecule has 0 spiro atoms. The zero-order valence-corrected chi connectivity index (χ0v) is 19.6. The van der Waals surface area contributed by atoms with Crippen molar-refractivity contribution in [2.24, 2.45) is 5.10 Å². The molecule has 176 valence electrons. The Morgan fingerprint density at radius 2 is 1.76 bits per heavy atom. The third-order valence-electron chi connectivity index (χ3n) is 5.72. The van der Waals surface area contributed by atoms with Crippen LogP contribution in [0.3, 0.4) is 0 Å². The van der Waals surface area contributed by atoms with Gasteiger partial charge in [-0.2, -0.15) is 9.78 Å². The summed E-state index contributed by atoms with van der Waals surface area (Å²) in [5.74, 6) is 0.604. The van der Waals surface area contributed by atoms with Gasteiger partial charge in [-0.05, 0) is 30.7 Å². The van der Waals surface area contributed by atoms with Gasteiger partial charge in [-0.25, -0.2) is 9.97 Å². The Hall–Kier alpha value is -3.94. The number of methoxy groups -OCH3 is 1. The van der Waals surface area contributed by atoms with E-state index in [1.54, 1.807) is 13.3 Å². The van der Waals surface area contributed by atoms with Crippen molar-refractivity contribution >= 4 is 40.1 Å². The van der Waals surface area contributed by atoms with Gasteiger partial charge >= 0.3 is 0 Å². The molecule has 0 unspecified atom stereocenters. The van der Waals surface area contributed by atoms with Gasteiger partial charge in [0.05, 0.1) is 24.4 Å². The number of unbranched alkanes of at least 4 members (excludes halogenated alkanes) is 4. The number of hydrogen-bond acceptors (Lipinski definition) is 6. The Balaban J connectivity index is 1.72.